The molecule has 4 amide bonds. The molecule has 0 aliphatic carbocycles. The van der Waals surface area contributed by atoms with Gasteiger partial charge in [-0.05, 0) is 55.0 Å². The molecule has 3 aromatic carbocycles. The van der Waals surface area contributed by atoms with Crippen LogP contribution in [0.3, 0.4) is 0 Å². The van der Waals surface area contributed by atoms with Crippen LogP contribution in [0.5, 0.6) is 0 Å². The quantitative estimate of drug-likeness (QED) is 0.400. The van der Waals surface area contributed by atoms with Gasteiger partial charge in [-0.2, -0.15) is 0 Å². The smallest absolute Gasteiger partial charge is 0.323 e. The maximum atomic E-state index is 13.7. The Labute approximate surface area is 229 Å². The van der Waals surface area contributed by atoms with Crippen molar-refractivity contribution in [3.8, 4) is 0 Å². The summed E-state index contributed by atoms with van der Waals surface area (Å²) in [7, 11) is 0. The summed E-state index contributed by atoms with van der Waals surface area (Å²) in [5.74, 6) is -2.94. The Bertz CT molecular complexity index is 1400. The Hall–Kier alpha value is -4.44. The van der Waals surface area contributed by atoms with Gasteiger partial charge in [-0.15, -0.1) is 0 Å². The first-order valence-corrected chi connectivity index (χ1v) is 12.5. The van der Waals surface area contributed by atoms with E-state index in [0.29, 0.717) is 21.8 Å². The summed E-state index contributed by atoms with van der Waals surface area (Å²) >= 11 is 6.03. The lowest BCUT2D eigenvalue weighted by atomic mass is 10.0. The lowest BCUT2D eigenvalue weighted by Gasteiger charge is -2.31. The third-order valence-corrected chi connectivity index (χ3v) is 6.47. The van der Waals surface area contributed by atoms with Gasteiger partial charge in [0, 0.05) is 29.4 Å². The van der Waals surface area contributed by atoms with E-state index in [1.807, 2.05) is 13.0 Å². The highest BCUT2D eigenvalue weighted by Gasteiger charge is 2.43. The number of carbonyl (C=O) groups excluding carboxylic acids is 3. The van der Waals surface area contributed by atoms with E-state index < -0.39 is 48.3 Å². The highest BCUT2D eigenvalue weighted by atomic mass is 35.5. The molecule has 0 bridgehead atoms. The van der Waals surface area contributed by atoms with Crippen LogP contribution in [0.15, 0.2) is 72.8 Å². The fraction of sp³-hybridized carbons (Fsp3) is 0.214. The van der Waals surface area contributed by atoms with E-state index in [9.17, 15) is 28.7 Å². The SMILES string of the molecule is Cc1cccc(C(=O)N2CCN(C(=O)Nc3cccc(Cl)c3)C2C(=O)NC(CC(=O)O)c2ccc(F)cc2)c1. The van der Waals surface area contributed by atoms with Crippen molar-refractivity contribution in [2.24, 2.45) is 0 Å². The fourth-order valence-corrected chi connectivity index (χ4v) is 4.60. The third-order valence-electron chi connectivity index (χ3n) is 6.24. The van der Waals surface area contributed by atoms with Gasteiger partial charge in [0.2, 0.25) is 0 Å². The number of aliphatic carboxylic acids is 1. The van der Waals surface area contributed by atoms with Crippen LogP contribution in [0, 0.1) is 12.7 Å². The van der Waals surface area contributed by atoms with Crippen LogP contribution < -0.4 is 10.6 Å². The van der Waals surface area contributed by atoms with Crippen molar-refractivity contribution in [1.29, 1.82) is 0 Å². The molecule has 202 valence electrons. The van der Waals surface area contributed by atoms with Crippen molar-refractivity contribution in [3.05, 3.63) is 100 Å². The molecule has 0 spiro atoms. The predicted molar refractivity (Wildman–Crippen MR) is 143 cm³/mol. The number of halogens is 2. The topological polar surface area (TPSA) is 119 Å². The normalized spacial score (nSPS) is 15.5. The fourth-order valence-electron chi connectivity index (χ4n) is 4.41. The Morgan fingerprint density at radius 2 is 1.69 bits per heavy atom. The summed E-state index contributed by atoms with van der Waals surface area (Å²) < 4.78 is 13.5. The van der Waals surface area contributed by atoms with Crippen molar-refractivity contribution in [2.45, 2.75) is 25.6 Å². The number of aryl methyl sites for hydroxylation is 1. The van der Waals surface area contributed by atoms with Crippen molar-refractivity contribution >= 4 is 41.1 Å². The van der Waals surface area contributed by atoms with E-state index in [0.717, 1.165) is 17.7 Å². The molecule has 3 aromatic rings. The number of urea groups is 1. The van der Waals surface area contributed by atoms with E-state index >= 15 is 0 Å². The summed E-state index contributed by atoms with van der Waals surface area (Å²) in [4.78, 5) is 54.5. The summed E-state index contributed by atoms with van der Waals surface area (Å²) in [6.07, 6.45) is -1.88. The van der Waals surface area contributed by atoms with Gasteiger partial charge < -0.3 is 20.6 Å². The number of nitrogens with zero attached hydrogens (tertiary/aromatic N) is 2. The molecule has 1 aliphatic heterocycles. The second kappa shape index (κ2) is 12.0. The molecule has 3 N–H and O–H groups in total. The Kier molecular flexibility index (Phi) is 8.46. The van der Waals surface area contributed by atoms with Gasteiger partial charge in [0.15, 0.2) is 6.17 Å². The van der Waals surface area contributed by atoms with E-state index in [-0.39, 0.29) is 13.1 Å². The summed E-state index contributed by atoms with van der Waals surface area (Å²) in [5, 5.41) is 15.2. The van der Waals surface area contributed by atoms with Gasteiger partial charge in [-0.25, -0.2) is 9.18 Å². The molecule has 1 fully saturated rings. The van der Waals surface area contributed by atoms with Gasteiger partial charge in [0.25, 0.3) is 11.8 Å². The largest absolute Gasteiger partial charge is 0.481 e. The summed E-state index contributed by atoms with van der Waals surface area (Å²) in [6, 6.07) is 16.7. The standard InChI is InChI=1S/C28H26ClFN4O5/c1-17-4-2-5-19(14-17)27(38)33-12-13-34(28(39)31-22-7-3-6-20(29)15-22)26(33)25(37)32-23(16-24(35)36)18-8-10-21(30)11-9-18/h2-11,14-15,23,26H,12-13,16H2,1H3,(H,31,39)(H,32,37)(H,35,36). The zero-order chi connectivity index (χ0) is 28.1. The molecule has 4 rings (SSSR count). The molecule has 2 unspecified atom stereocenters. The van der Waals surface area contributed by atoms with Crippen molar-refractivity contribution in [3.63, 3.8) is 0 Å². The average Bonchev–Trinajstić information content (AvgIpc) is 3.34. The van der Waals surface area contributed by atoms with E-state index in [1.54, 1.807) is 36.4 Å². The number of rotatable bonds is 7. The number of amides is 4. The van der Waals surface area contributed by atoms with Crippen LogP contribution in [-0.4, -0.2) is 58.0 Å². The maximum absolute atomic E-state index is 13.7. The molecule has 0 saturated carbocycles. The van der Waals surface area contributed by atoms with Crippen LogP contribution in [0.2, 0.25) is 5.02 Å². The molecular formula is C28H26ClFN4O5. The number of anilines is 1. The van der Waals surface area contributed by atoms with Gasteiger partial charge >= 0.3 is 12.0 Å². The molecule has 9 nitrogen and oxygen atoms in total. The molecular weight excluding hydrogens is 527 g/mol. The predicted octanol–water partition coefficient (Wildman–Crippen LogP) is 4.44. The lowest BCUT2D eigenvalue weighted by molar-refractivity contribution is -0.138. The molecule has 0 radical (unpaired) electrons. The number of carboxylic acid groups (broad SMARTS) is 1. The number of carboxylic acids is 1. The van der Waals surface area contributed by atoms with E-state index in [1.165, 1.54) is 28.0 Å². The van der Waals surface area contributed by atoms with E-state index in [4.69, 9.17) is 11.6 Å². The van der Waals surface area contributed by atoms with Gasteiger partial charge in [-0.1, -0.05) is 47.5 Å². The number of hydrogen-bond acceptors (Lipinski definition) is 4. The van der Waals surface area contributed by atoms with Crippen LogP contribution in [-0.2, 0) is 9.59 Å². The maximum Gasteiger partial charge on any atom is 0.323 e. The Morgan fingerprint density at radius 1 is 1.00 bits per heavy atom. The van der Waals surface area contributed by atoms with Gasteiger partial charge in [0.1, 0.15) is 5.82 Å². The van der Waals surface area contributed by atoms with Crippen molar-refractivity contribution in [2.75, 3.05) is 18.4 Å². The molecule has 11 heteroatoms. The number of carbonyl (C=O) groups is 4. The second-order valence-electron chi connectivity index (χ2n) is 9.09. The molecule has 0 aromatic heterocycles. The minimum absolute atomic E-state index is 0.0438. The minimum atomic E-state index is -1.38. The van der Waals surface area contributed by atoms with Crippen molar-refractivity contribution < 1.29 is 28.7 Å². The Balaban J connectivity index is 1.65. The summed E-state index contributed by atoms with van der Waals surface area (Å²) in [5.41, 5.74) is 1.93. The highest BCUT2D eigenvalue weighted by molar-refractivity contribution is 6.30. The van der Waals surface area contributed by atoms with Crippen LogP contribution in [0.1, 0.15) is 33.9 Å². The lowest BCUT2D eigenvalue weighted by Crippen LogP contribution is -2.55. The zero-order valence-corrected chi connectivity index (χ0v) is 21.7. The number of hydrogen-bond donors (Lipinski definition) is 3. The van der Waals surface area contributed by atoms with Gasteiger partial charge in [-0.3, -0.25) is 19.3 Å². The summed E-state index contributed by atoms with van der Waals surface area (Å²) in [6.45, 7) is 1.94. The number of nitrogens with one attached hydrogen (secondary N) is 2. The first kappa shape index (κ1) is 27.6. The molecule has 1 aliphatic rings. The first-order valence-electron chi connectivity index (χ1n) is 12.1. The molecule has 2 atom stereocenters. The molecule has 1 saturated heterocycles. The minimum Gasteiger partial charge on any atom is -0.481 e. The average molecular weight is 553 g/mol. The van der Waals surface area contributed by atoms with Gasteiger partial charge in [0.05, 0.1) is 12.5 Å². The Morgan fingerprint density at radius 3 is 2.36 bits per heavy atom. The highest BCUT2D eigenvalue weighted by Crippen LogP contribution is 2.24. The van der Waals surface area contributed by atoms with Crippen LogP contribution in [0.25, 0.3) is 0 Å². The number of benzene rings is 3. The van der Waals surface area contributed by atoms with Crippen LogP contribution >= 0.6 is 11.6 Å². The van der Waals surface area contributed by atoms with E-state index in [2.05, 4.69) is 10.6 Å². The van der Waals surface area contributed by atoms with Crippen LogP contribution in [0.4, 0.5) is 14.9 Å². The zero-order valence-electron chi connectivity index (χ0n) is 20.9. The van der Waals surface area contributed by atoms with Crippen molar-refractivity contribution in [1.82, 2.24) is 15.1 Å². The third kappa shape index (κ3) is 6.71. The molecule has 39 heavy (non-hydrogen) atoms. The monoisotopic (exact) mass is 552 g/mol. The first-order chi connectivity index (χ1) is 18.6. The molecule has 1 heterocycles. The second-order valence-corrected chi connectivity index (χ2v) is 9.52.